The number of fused-ring (bicyclic) bond motifs is 1. The van der Waals surface area contributed by atoms with Gasteiger partial charge in [-0.25, -0.2) is 8.78 Å². The molecule has 2 atom stereocenters. The monoisotopic (exact) mass is 404 g/mol. The molecule has 152 valence electrons. The standard InChI is InChI=1S/C25H22F2N2O/c1-15-7-12-19(13-15)30-25-28-21-14-20(26)22(23(27)24(21)29-25)18-10-8-17(9-11-18)16-5-3-2-4-6-16/h2-6,8-11,14-15,19H,7,12-13H2,1H3,(H,28,29). The minimum absolute atomic E-state index is 0.0680. The van der Waals surface area contributed by atoms with Crippen LogP contribution in [0.2, 0.25) is 0 Å². The van der Waals surface area contributed by atoms with Crippen molar-refractivity contribution >= 4 is 11.0 Å². The molecule has 1 aliphatic rings. The molecule has 1 heterocycles. The number of nitrogens with one attached hydrogen (secondary N) is 1. The van der Waals surface area contributed by atoms with Crippen LogP contribution >= 0.6 is 0 Å². The van der Waals surface area contributed by atoms with Gasteiger partial charge in [0.1, 0.15) is 17.4 Å². The number of rotatable bonds is 4. The summed E-state index contributed by atoms with van der Waals surface area (Å²) >= 11 is 0. The number of aromatic nitrogens is 2. The molecule has 0 saturated heterocycles. The van der Waals surface area contributed by atoms with E-state index in [-0.39, 0.29) is 23.2 Å². The van der Waals surface area contributed by atoms with Gasteiger partial charge in [-0.05, 0) is 41.9 Å². The maximum Gasteiger partial charge on any atom is 0.294 e. The fraction of sp³-hybridized carbons (Fsp3) is 0.240. The van der Waals surface area contributed by atoms with E-state index in [1.807, 2.05) is 42.5 Å². The predicted molar refractivity (Wildman–Crippen MR) is 114 cm³/mol. The van der Waals surface area contributed by atoms with Gasteiger partial charge in [-0.15, -0.1) is 0 Å². The first kappa shape index (κ1) is 18.8. The van der Waals surface area contributed by atoms with Gasteiger partial charge in [0, 0.05) is 6.07 Å². The van der Waals surface area contributed by atoms with Crippen LogP contribution in [-0.4, -0.2) is 16.1 Å². The molecule has 0 radical (unpaired) electrons. The zero-order valence-corrected chi connectivity index (χ0v) is 16.7. The summed E-state index contributed by atoms with van der Waals surface area (Å²) in [6, 6.07) is 18.6. The molecule has 0 amide bonds. The number of nitrogens with zero attached hydrogens (tertiary/aromatic N) is 1. The molecule has 4 aromatic rings. The van der Waals surface area contributed by atoms with Gasteiger partial charge in [0.25, 0.3) is 6.01 Å². The van der Waals surface area contributed by atoms with Crippen molar-refractivity contribution in [3.05, 3.63) is 72.3 Å². The van der Waals surface area contributed by atoms with Crippen LogP contribution in [0, 0.1) is 17.6 Å². The van der Waals surface area contributed by atoms with E-state index in [4.69, 9.17) is 4.74 Å². The van der Waals surface area contributed by atoms with Crippen LogP contribution in [0.4, 0.5) is 8.78 Å². The van der Waals surface area contributed by atoms with Gasteiger partial charge in [-0.3, -0.25) is 0 Å². The van der Waals surface area contributed by atoms with Crippen LogP contribution in [0.1, 0.15) is 26.2 Å². The van der Waals surface area contributed by atoms with E-state index in [0.717, 1.165) is 30.4 Å². The highest BCUT2D eigenvalue weighted by atomic mass is 19.1. The second-order valence-corrected chi connectivity index (χ2v) is 8.09. The van der Waals surface area contributed by atoms with Crippen molar-refractivity contribution in [2.75, 3.05) is 0 Å². The molecule has 5 rings (SSSR count). The Morgan fingerprint density at radius 1 is 0.933 bits per heavy atom. The van der Waals surface area contributed by atoms with E-state index in [2.05, 4.69) is 16.9 Å². The summed E-state index contributed by atoms with van der Waals surface area (Å²) in [5.74, 6) is -0.695. The third-order valence-electron chi connectivity index (χ3n) is 5.85. The van der Waals surface area contributed by atoms with Gasteiger partial charge < -0.3 is 9.72 Å². The molecular weight excluding hydrogens is 382 g/mol. The predicted octanol–water partition coefficient (Wildman–Crippen LogP) is 6.74. The Bertz CT molecular complexity index is 1190. The zero-order valence-electron chi connectivity index (χ0n) is 16.7. The molecule has 1 aliphatic carbocycles. The first-order valence-corrected chi connectivity index (χ1v) is 10.3. The van der Waals surface area contributed by atoms with Crippen molar-refractivity contribution < 1.29 is 13.5 Å². The Morgan fingerprint density at radius 2 is 1.63 bits per heavy atom. The number of ether oxygens (including phenoxy) is 1. The minimum atomic E-state index is -0.677. The quantitative estimate of drug-likeness (QED) is 0.409. The van der Waals surface area contributed by atoms with E-state index >= 15 is 4.39 Å². The third-order valence-corrected chi connectivity index (χ3v) is 5.85. The molecule has 1 aromatic heterocycles. The Labute approximate surface area is 173 Å². The molecule has 1 saturated carbocycles. The van der Waals surface area contributed by atoms with Crippen molar-refractivity contribution in [3.63, 3.8) is 0 Å². The fourth-order valence-electron chi connectivity index (χ4n) is 4.26. The van der Waals surface area contributed by atoms with Crippen molar-refractivity contribution in [2.24, 2.45) is 5.92 Å². The van der Waals surface area contributed by atoms with Gasteiger partial charge in [0.2, 0.25) is 0 Å². The van der Waals surface area contributed by atoms with Crippen molar-refractivity contribution in [1.29, 1.82) is 0 Å². The average molecular weight is 404 g/mol. The van der Waals surface area contributed by atoms with E-state index in [1.54, 1.807) is 12.1 Å². The Balaban J connectivity index is 1.48. The van der Waals surface area contributed by atoms with Crippen molar-refractivity contribution in [2.45, 2.75) is 32.3 Å². The van der Waals surface area contributed by atoms with Crippen LogP contribution in [0.25, 0.3) is 33.3 Å². The first-order valence-electron chi connectivity index (χ1n) is 10.3. The topological polar surface area (TPSA) is 37.9 Å². The highest BCUT2D eigenvalue weighted by Gasteiger charge is 2.25. The second-order valence-electron chi connectivity index (χ2n) is 8.09. The lowest BCUT2D eigenvalue weighted by Gasteiger charge is -2.09. The number of imidazole rings is 1. The lowest BCUT2D eigenvalue weighted by Crippen LogP contribution is -2.12. The molecule has 0 aliphatic heterocycles. The van der Waals surface area contributed by atoms with Crippen molar-refractivity contribution in [1.82, 2.24) is 9.97 Å². The number of hydrogen-bond acceptors (Lipinski definition) is 2. The minimum Gasteiger partial charge on any atom is -0.461 e. The lowest BCUT2D eigenvalue weighted by atomic mass is 9.99. The van der Waals surface area contributed by atoms with Gasteiger partial charge in [-0.2, -0.15) is 4.98 Å². The maximum atomic E-state index is 15.3. The third kappa shape index (κ3) is 3.45. The number of halogens is 2. The molecule has 30 heavy (non-hydrogen) atoms. The van der Waals surface area contributed by atoms with E-state index in [0.29, 0.717) is 17.0 Å². The van der Waals surface area contributed by atoms with Crippen LogP contribution in [-0.2, 0) is 0 Å². The highest BCUT2D eigenvalue weighted by Crippen LogP contribution is 2.34. The Kier molecular flexibility index (Phi) is 4.74. The SMILES string of the molecule is CC1CCC(Oc2nc3c(F)c(-c4ccc(-c5ccccc5)cc4)c(F)cc3[nH]2)C1. The van der Waals surface area contributed by atoms with E-state index in [1.165, 1.54) is 6.07 Å². The van der Waals surface area contributed by atoms with Gasteiger partial charge in [-0.1, -0.05) is 61.5 Å². The summed E-state index contributed by atoms with van der Waals surface area (Å²) in [5, 5.41) is 0. The molecule has 0 spiro atoms. The van der Waals surface area contributed by atoms with Gasteiger partial charge in [0.05, 0.1) is 11.1 Å². The van der Waals surface area contributed by atoms with Crippen LogP contribution < -0.4 is 4.74 Å². The van der Waals surface area contributed by atoms with Crippen LogP contribution in [0.15, 0.2) is 60.7 Å². The molecule has 3 aromatic carbocycles. The first-order chi connectivity index (χ1) is 14.6. The maximum absolute atomic E-state index is 15.3. The number of hydrogen-bond donors (Lipinski definition) is 1. The zero-order chi connectivity index (χ0) is 20.7. The molecule has 2 unspecified atom stereocenters. The molecule has 1 fully saturated rings. The Hall–Kier alpha value is -3.21. The van der Waals surface area contributed by atoms with Crippen molar-refractivity contribution in [3.8, 4) is 28.3 Å². The van der Waals surface area contributed by atoms with Gasteiger partial charge in [0.15, 0.2) is 5.82 Å². The normalized spacial score (nSPS) is 18.8. The molecule has 5 heteroatoms. The van der Waals surface area contributed by atoms with Gasteiger partial charge >= 0.3 is 0 Å². The highest BCUT2D eigenvalue weighted by molar-refractivity contribution is 5.84. The van der Waals surface area contributed by atoms with E-state index < -0.39 is 11.6 Å². The smallest absolute Gasteiger partial charge is 0.294 e. The average Bonchev–Trinajstić information content (AvgIpc) is 3.35. The second kappa shape index (κ2) is 7.56. The number of H-pyrrole nitrogens is 1. The number of aromatic amines is 1. The molecule has 1 N–H and O–H groups in total. The summed E-state index contributed by atoms with van der Waals surface area (Å²) < 4.78 is 36.0. The summed E-state index contributed by atoms with van der Waals surface area (Å²) in [5.41, 5.74) is 2.84. The summed E-state index contributed by atoms with van der Waals surface area (Å²) in [6.07, 6.45) is 3.08. The van der Waals surface area contributed by atoms with Crippen LogP contribution in [0.3, 0.4) is 0 Å². The molecular formula is C25H22F2N2O. The molecule has 0 bridgehead atoms. The summed E-state index contributed by atoms with van der Waals surface area (Å²) in [4.78, 5) is 7.19. The summed E-state index contributed by atoms with van der Waals surface area (Å²) in [6.45, 7) is 2.19. The summed E-state index contributed by atoms with van der Waals surface area (Å²) in [7, 11) is 0. The lowest BCUT2D eigenvalue weighted by molar-refractivity contribution is 0.190. The molecule has 3 nitrogen and oxygen atoms in total. The number of benzene rings is 3. The Morgan fingerprint density at radius 3 is 2.33 bits per heavy atom. The fourth-order valence-corrected chi connectivity index (χ4v) is 4.26. The largest absolute Gasteiger partial charge is 0.461 e. The van der Waals surface area contributed by atoms with E-state index in [9.17, 15) is 4.39 Å². The van der Waals surface area contributed by atoms with Crippen LogP contribution in [0.5, 0.6) is 6.01 Å².